The van der Waals surface area contributed by atoms with Crippen LogP contribution in [0.2, 0.25) is 0 Å². The van der Waals surface area contributed by atoms with E-state index in [9.17, 15) is 14.4 Å². The Labute approximate surface area is 128 Å². The van der Waals surface area contributed by atoms with Gasteiger partial charge in [-0.25, -0.2) is 4.79 Å². The fourth-order valence-corrected chi connectivity index (χ4v) is 2.53. The van der Waals surface area contributed by atoms with Crippen LogP contribution in [0, 0.1) is 19.3 Å². The van der Waals surface area contributed by atoms with Crippen LogP contribution in [0.5, 0.6) is 0 Å². The summed E-state index contributed by atoms with van der Waals surface area (Å²) in [5.41, 5.74) is 0.529. The van der Waals surface area contributed by atoms with Crippen molar-refractivity contribution in [3.05, 3.63) is 16.0 Å². The Morgan fingerprint density at radius 1 is 1.19 bits per heavy atom. The first-order chi connectivity index (χ1) is 9.54. The molecule has 1 rings (SSSR count). The van der Waals surface area contributed by atoms with Gasteiger partial charge < -0.3 is 10.1 Å². The molecule has 116 valence electrons. The van der Waals surface area contributed by atoms with Gasteiger partial charge in [0.05, 0.1) is 5.56 Å². The van der Waals surface area contributed by atoms with Crippen molar-refractivity contribution in [3.8, 4) is 0 Å². The number of anilines is 1. The Bertz CT molecular complexity index is 581. The number of ether oxygens (including phenoxy) is 1. The number of carbonyl (C=O) groups is 3. The summed E-state index contributed by atoms with van der Waals surface area (Å²) >= 11 is 1.33. The predicted octanol–water partition coefficient (Wildman–Crippen LogP) is 3.10. The number of Topliss-reactive ketones (excluding diaryl/α,β-unsaturated/α-hetero) is 1. The van der Waals surface area contributed by atoms with Crippen molar-refractivity contribution in [3.63, 3.8) is 0 Å². The molecule has 1 aromatic rings. The highest BCUT2D eigenvalue weighted by molar-refractivity contribution is 7.16. The number of ketones is 1. The van der Waals surface area contributed by atoms with Crippen molar-refractivity contribution in [2.45, 2.75) is 41.5 Å². The molecule has 0 saturated heterocycles. The van der Waals surface area contributed by atoms with Crippen LogP contribution in [-0.4, -0.2) is 24.3 Å². The van der Waals surface area contributed by atoms with Gasteiger partial charge in [-0.1, -0.05) is 20.8 Å². The topological polar surface area (TPSA) is 72.5 Å². The van der Waals surface area contributed by atoms with Crippen LogP contribution in [0.1, 0.15) is 48.5 Å². The Morgan fingerprint density at radius 2 is 1.76 bits per heavy atom. The molecule has 0 atom stereocenters. The summed E-state index contributed by atoms with van der Waals surface area (Å²) in [6.45, 7) is 10.1. The van der Waals surface area contributed by atoms with E-state index in [0.29, 0.717) is 10.6 Å². The Morgan fingerprint density at radius 3 is 2.24 bits per heavy atom. The third kappa shape index (κ3) is 4.39. The zero-order valence-electron chi connectivity index (χ0n) is 13.2. The maximum Gasteiger partial charge on any atom is 0.341 e. The molecular formula is C15H21NO4S. The molecule has 6 heteroatoms. The Hall–Kier alpha value is -1.69. The number of hydrogen-bond acceptors (Lipinski definition) is 5. The Balaban J connectivity index is 3.06. The number of carbonyl (C=O) groups excluding carboxylic acids is 3. The first-order valence-corrected chi connectivity index (χ1v) is 7.43. The molecule has 5 nitrogen and oxygen atoms in total. The second kappa shape index (κ2) is 6.39. The maximum atomic E-state index is 12.1. The summed E-state index contributed by atoms with van der Waals surface area (Å²) in [6.07, 6.45) is 0. The van der Waals surface area contributed by atoms with Gasteiger partial charge in [0.25, 0.3) is 0 Å². The van der Waals surface area contributed by atoms with E-state index < -0.39 is 11.4 Å². The van der Waals surface area contributed by atoms with E-state index in [1.807, 2.05) is 6.92 Å². The molecule has 1 N–H and O–H groups in total. The second-order valence-corrected chi connectivity index (χ2v) is 7.19. The highest BCUT2D eigenvalue weighted by Crippen LogP contribution is 2.34. The van der Waals surface area contributed by atoms with Gasteiger partial charge in [0.2, 0.25) is 5.91 Å². The lowest BCUT2D eigenvalue weighted by atomic mass is 9.96. The van der Waals surface area contributed by atoms with Crippen LogP contribution in [0.15, 0.2) is 0 Å². The van der Waals surface area contributed by atoms with Gasteiger partial charge in [0.1, 0.15) is 11.6 Å². The minimum atomic E-state index is -0.587. The molecule has 0 aliphatic heterocycles. The van der Waals surface area contributed by atoms with E-state index in [0.717, 1.165) is 10.4 Å². The zero-order chi connectivity index (χ0) is 16.4. The second-order valence-electron chi connectivity index (χ2n) is 5.97. The van der Waals surface area contributed by atoms with Crippen molar-refractivity contribution in [1.82, 2.24) is 0 Å². The lowest BCUT2D eigenvalue weighted by Gasteiger charge is -2.17. The van der Waals surface area contributed by atoms with E-state index in [2.05, 4.69) is 5.32 Å². The predicted molar refractivity (Wildman–Crippen MR) is 82.8 cm³/mol. The molecular weight excluding hydrogens is 290 g/mol. The molecule has 0 saturated carbocycles. The number of amides is 1. The average Bonchev–Trinajstić information content (AvgIpc) is 2.61. The quantitative estimate of drug-likeness (QED) is 0.867. The minimum Gasteiger partial charge on any atom is -0.454 e. The van der Waals surface area contributed by atoms with Gasteiger partial charge >= 0.3 is 5.97 Å². The first-order valence-electron chi connectivity index (χ1n) is 6.62. The van der Waals surface area contributed by atoms with Gasteiger partial charge in [-0.3, -0.25) is 9.59 Å². The monoisotopic (exact) mass is 311 g/mol. The number of nitrogens with one attached hydrogen (secondary N) is 1. The van der Waals surface area contributed by atoms with Crippen LogP contribution in [-0.2, 0) is 14.3 Å². The summed E-state index contributed by atoms with van der Waals surface area (Å²) in [6, 6.07) is 0. The van der Waals surface area contributed by atoms with Gasteiger partial charge in [0.15, 0.2) is 5.78 Å². The SMILES string of the molecule is CC(=O)COC(=O)c1c(NC(=O)C(C)(C)C)sc(C)c1C. The molecule has 21 heavy (non-hydrogen) atoms. The lowest BCUT2D eigenvalue weighted by molar-refractivity contribution is -0.123. The number of hydrogen-bond donors (Lipinski definition) is 1. The van der Waals surface area contributed by atoms with Crippen molar-refractivity contribution in [2.75, 3.05) is 11.9 Å². The van der Waals surface area contributed by atoms with Crippen LogP contribution in [0.4, 0.5) is 5.00 Å². The number of thiophene rings is 1. The van der Waals surface area contributed by atoms with E-state index in [-0.39, 0.29) is 18.3 Å². The fraction of sp³-hybridized carbons (Fsp3) is 0.533. The molecule has 1 amide bonds. The number of rotatable bonds is 4. The van der Waals surface area contributed by atoms with Crippen molar-refractivity contribution >= 4 is 34.0 Å². The van der Waals surface area contributed by atoms with Crippen molar-refractivity contribution in [1.29, 1.82) is 0 Å². The summed E-state index contributed by atoms with van der Waals surface area (Å²) in [7, 11) is 0. The standard InChI is InChI=1S/C15H21NO4S/c1-8(17)7-20-13(18)11-9(2)10(3)21-12(11)16-14(19)15(4,5)6/h7H2,1-6H3,(H,16,19). The third-order valence-electron chi connectivity index (χ3n) is 2.90. The highest BCUT2D eigenvalue weighted by atomic mass is 32.1. The maximum absolute atomic E-state index is 12.1. The van der Waals surface area contributed by atoms with E-state index in [1.54, 1.807) is 27.7 Å². The Kier molecular flexibility index (Phi) is 5.28. The number of aryl methyl sites for hydroxylation is 1. The molecule has 0 aliphatic rings. The van der Waals surface area contributed by atoms with Crippen LogP contribution < -0.4 is 5.32 Å². The fourth-order valence-electron chi connectivity index (χ4n) is 1.49. The molecule has 0 bridgehead atoms. The molecule has 0 fully saturated rings. The minimum absolute atomic E-state index is 0.177. The van der Waals surface area contributed by atoms with Gasteiger partial charge in [-0.05, 0) is 26.3 Å². The zero-order valence-corrected chi connectivity index (χ0v) is 14.1. The molecule has 1 aromatic heterocycles. The molecule has 0 aromatic carbocycles. The van der Waals surface area contributed by atoms with Crippen molar-refractivity contribution < 1.29 is 19.1 Å². The van der Waals surface area contributed by atoms with Gasteiger partial charge in [-0.15, -0.1) is 11.3 Å². The van der Waals surface area contributed by atoms with Gasteiger partial charge in [0, 0.05) is 10.3 Å². The molecule has 0 unspecified atom stereocenters. The highest BCUT2D eigenvalue weighted by Gasteiger charge is 2.27. The summed E-state index contributed by atoms with van der Waals surface area (Å²) < 4.78 is 4.96. The summed E-state index contributed by atoms with van der Waals surface area (Å²) in [5.74, 6) is -0.992. The largest absolute Gasteiger partial charge is 0.454 e. The lowest BCUT2D eigenvalue weighted by Crippen LogP contribution is -2.28. The van der Waals surface area contributed by atoms with Gasteiger partial charge in [-0.2, -0.15) is 0 Å². The third-order valence-corrected chi connectivity index (χ3v) is 4.03. The molecule has 0 radical (unpaired) electrons. The molecule has 0 spiro atoms. The summed E-state index contributed by atoms with van der Waals surface area (Å²) in [4.78, 5) is 36.0. The van der Waals surface area contributed by atoms with Crippen LogP contribution >= 0.6 is 11.3 Å². The van der Waals surface area contributed by atoms with E-state index >= 15 is 0 Å². The average molecular weight is 311 g/mol. The van der Waals surface area contributed by atoms with E-state index in [4.69, 9.17) is 4.74 Å². The van der Waals surface area contributed by atoms with Crippen LogP contribution in [0.25, 0.3) is 0 Å². The molecule has 0 aliphatic carbocycles. The normalized spacial score (nSPS) is 11.1. The first kappa shape index (κ1) is 17.4. The van der Waals surface area contributed by atoms with Crippen LogP contribution in [0.3, 0.4) is 0 Å². The number of esters is 1. The molecule has 1 heterocycles. The summed E-state index contributed by atoms with van der Waals surface area (Å²) in [5, 5.41) is 3.25. The van der Waals surface area contributed by atoms with Crippen molar-refractivity contribution in [2.24, 2.45) is 5.41 Å². The smallest absolute Gasteiger partial charge is 0.341 e. The van der Waals surface area contributed by atoms with E-state index in [1.165, 1.54) is 18.3 Å².